The molecule has 3 nitrogen and oxygen atoms in total. The zero-order valence-corrected chi connectivity index (χ0v) is 12.5. The quantitative estimate of drug-likeness (QED) is 0.906. The Kier molecular flexibility index (Phi) is 4.86. The number of rotatable bonds is 5. The summed E-state index contributed by atoms with van der Waals surface area (Å²) in [4.78, 5) is 5.18. The van der Waals surface area contributed by atoms with Crippen molar-refractivity contribution in [2.75, 3.05) is 0 Å². The summed E-state index contributed by atoms with van der Waals surface area (Å²) >= 11 is 5.09. The summed E-state index contributed by atoms with van der Waals surface area (Å²) < 4.78 is 6.29. The van der Waals surface area contributed by atoms with Gasteiger partial charge in [-0.05, 0) is 42.3 Å². The van der Waals surface area contributed by atoms with Crippen LogP contribution in [0.15, 0.2) is 49.7 Å². The molecule has 96 valence electrons. The zero-order valence-electron chi connectivity index (χ0n) is 10.1. The van der Waals surface area contributed by atoms with Crippen LogP contribution in [0.1, 0.15) is 18.9 Å². The van der Waals surface area contributed by atoms with E-state index in [-0.39, 0.29) is 6.04 Å². The molecule has 0 aliphatic heterocycles. The van der Waals surface area contributed by atoms with Crippen molar-refractivity contribution in [3.05, 3.63) is 40.7 Å². The first-order valence-corrected chi connectivity index (χ1v) is 7.41. The Bertz CT molecular complexity index is 502. The van der Waals surface area contributed by atoms with Crippen LogP contribution in [0.4, 0.5) is 0 Å². The second kappa shape index (κ2) is 6.41. The molecule has 0 radical (unpaired) electrons. The highest BCUT2D eigenvalue weighted by atomic mass is 79.9. The number of oxazole rings is 1. The number of hydrogen-bond donors (Lipinski definition) is 1. The lowest BCUT2D eigenvalue weighted by molar-refractivity contribution is 0.454. The Labute approximate surface area is 119 Å². The molecular formula is C13H15BrN2OS. The fraction of sp³-hybridized carbons (Fsp3) is 0.308. The Morgan fingerprint density at radius 3 is 2.94 bits per heavy atom. The van der Waals surface area contributed by atoms with Gasteiger partial charge in [-0.3, -0.25) is 0 Å². The third kappa shape index (κ3) is 3.60. The summed E-state index contributed by atoms with van der Waals surface area (Å²) in [5.74, 6) is 0. The molecule has 0 spiro atoms. The molecule has 2 N–H and O–H groups in total. The molecule has 2 aromatic rings. The van der Waals surface area contributed by atoms with E-state index in [0.717, 1.165) is 22.2 Å². The molecule has 0 aliphatic carbocycles. The van der Waals surface area contributed by atoms with Gasteiger partial charge in [0.25, 0.3) is 5.22 Å². The Hall–Kier alpha value is -0.780. The molecule has 1 heterocycles. The first kappa shape index (κ1) is 13.6. The first-order valence-electron chi connectivity index (χ1n) is 5.80. The third-order valence-electron chi connectivity index (χ3n) is 2.65. The van der Waals surface area contributed by atoms with Crippen molar-refractivity contribution in [1.82, 2.24) is 4.98 Å². The van der Waals surface area contributed by atoms with E-state index in [1.165, 1.54) is 17.3 Å². The van der Waals surface area contributed by atoms with Crippen LogP contribution in [0.2, 0.25) is 0 Å². The normalized spacial score (nSPS) is 12.6. The van der Waals surface area contributed by atoms with Gasteiger partial charge >= 0.3 is 0 Å². The molecule has 1 unspecified atom stereocenters. The Morgan fingerprint density at radius 2 is 2.33 bits per heavy atom. The fourth-order valence-electron chi connectivity index (χ4n) is 1.55. The maximum Gasteiger partial charge on any atom is 0.260 e. The van der Waals surface area contributed by atoms with E-state index in [1.54, 1.807) is 12.5 Å². The number of nitrogens with zero attached hydrogens (tertiary/aromatic N) is 1. The summed E-state index contributed by atoms with van der Waals surface area (Å²) in [5, 5.41) is 0.653. The van der Waals surface area contributed by atoms with Crippen molar-refractivity contribution in [3.8, 4) is 0 Å². The molecule has 1 aromatic heterocycles. The van der Waals surface area contributed by atoms with Crippen LogP contribution in [-0.4, -0.2) is 11.0 Å². The lowest BCUT2D eigenvalue weighted by Gasteiger charge is -2.11. The minimum Gasteiger partial charge on any atom is -0.440 e. The fourth-order valence-corrected chi connectivity index (χ4v) is 2.97. The molecular weight excluding hydrogens is 312 g/mol. The van der Waals surface area contributed by atoms with Crippen LogP contribution in [0, 0.1) is 0 Å². The van der Waals surface area contributed by atoms with Crippen molar-refractivity contribution < 1.29 is 4.42 Å². The number of aromatic nitrogens is 1. The summed E-state index contributed by atoms with van der Waals surface area (Å²) in [6.45, 7) is 2.10. The topological polar surface area (TPSA) is 52.0 Å². The van der Waals surface area contributed by atoms with Crippen molar-refractivity contribution in [1.29, 1.82) is 0 Å². The molecule has 5 heteroatoms. The molecule has 0 amide bonds. The first-order chi connectivity index (χ1) is 8.69. The molecule has 0 fully saturated rings. The minimum absolute atomic E-state index is 0.214. The molecule has 1 atom stereocenters. The van der Waals surface area contributed by atoms with Crippen LogP contribution >= 0.6 is 27.7 Å². The summed E-state index contributed by atoms with van der Waals surface area (Å²) in [6.07, 6.45) is 5.10. The molecule has 0 saturated carbocycles. The van der Waals surface area contributed by atoms with E-state index in [0.29, 0.717) is 5.22 Å². The van der Waals surface area contributed by atoms with Gasteiger partial charge in [-0.15, -0.1) is 0 Å². The second-order valence-electron chi connectivity index (χ2n) is 4.03. The van der Waals surface area contributed by atoms with Crippen LogP contribution in [0.25, 0.3) is 0 Å². The lowest BCUT2D eigenvalue weighted by Crippen LogP contribution is -2.21. The second-order valence-corrected chi connectivity index (χ2v) is 5.90. The lowest BCUT2D eigenvalue weighted by atomic mass is 10.1. The number of halogens is 1. The Morgan fingerprint density at radius 1 is 1.50 bits per heavy atom. The SMILES string of the molecule is CCC(N)Cc1ccc(Sc2ncco2)cc1Br. The standard InChI is InChI=1S/C13H15BrN2OS/c1-2-10(15)7-9-3-4-11(8-12(9)14)18-13-16-5-6-17-13/h3-6,8,10H,2,7,15H2,1H3. The van der Waals surface area contributed by atoms with Crippen LogP contribution in [0.3, 0.4) is 0 Å². The number of nitrogens with two attached hydrogens (primary N) is 1. The average Bonchev–Trinajstić information content (AvgIpc) is 2.85. The zero-order chi connectivity index (χ0) is 13.0. The smallest absolute Gasteiger partial charge is 0.260 e. The highest BCUT2D eigenvalue weighted by Gasteiger charge is 2.08. The maximum atomic E-state index is 5.97. The van der Waals surface area contributed by atoms with E-state index in [4.69, 9.17) is 10.2 Å². The van der Waals surface area contributed by atoms with E-state index in [1.807, 2.05) is 0 Å². The predicted molar refractivity (Wildman–Crippen MR) is 76.7 cm³/mol. The van der Waals surface area contributed by atoms with Crippen LogP contribution < -0.4 is 5.73 Å². The summed E-state index contributed by atoms with van der Waals surface area (Å²) in [7, 11) is 0. The monoisotopic (exact) mass is 326 g/mol. The predicted octanol–water partition coefficient (Wildman–Crippen LogP) is 3.87. The number of benzene rings is 1. The van der Waals surface area contributed by atoms with Crippen molar-refractivity contribution in [2.45, 2.75) is 35.9 Å². The molecule has 2 rings (SSSR count). The van der Waals surface area contributed by atoms with Gasteiger partial charge in [0.05, 0.1) is 6.20 Å². The van der Waals surface area contributed by atoms with Gasteiger partial charge in [-0.1, -0.05) is 28.9 Å². The van der Waals surface area contributed by atoms with Crippen molar-refractivity contribution in [2.24, 2.45) is 5.73 Å². The van der Waals surface area contributed by atoms with Gasteiger partial charge < -0.3 is 10.2 Å². The highest BCUT2D eigenvalue weighted by molar-refractivity contribution is 9.10. The number of hydrogen-bond acceptors (Lipinski definition) is 4. The maximum absolute atomic E-state index is 5.97. The molecule has 0 aliphatic rings. The minimum atomic E-state index is 0.214. The molecule has 0 bridgehead atoms. The average molecular weight is 327 g/mol. The summed E-state index contributed by atoms with van der Waals surface area (Å²) in [5.41, 5.74) is 7.21. The third-order valence-corrected chi connectivity index (χ3v) is 4.25. The van der Waals surface area contributed by atoms with Gasteiger partial charge in [-0.25, -0.2) is 4.98 Å². The summed E-state index contributed by atoms with van der Waals surface area (Å²) in [6, 6.07) is 6.46. The van der Waals surface area contributed by atoms with E-state index in [9.17, 15) is 0 Å². The van der Waals surface area contributed by atoms with E-state index < -0.39 is 0 Å². The van der Waals surface area contributed by atoms with Gasteiger partial charge in [-0.2, -0.15) is 0 Å². The van der Waals surface area contributed by atoms with E-state index in [2.05, 4.69) is 46.0 Å². The van der Waals surface area contributed by atoms with E-state index >= 15 is 0 Å². The highest BCUT2D eigenvalue weighted by Crippen LogP contribution is 2.30. The van der Waals surface area contributed by atoms with Crippen LogP contribution in [0.5, 0.6) is 0 Å². The van der Waals surface area contributed by atoms with Crippen molar-refractivity contribution in [3.63, 3.8) is 0 Å². The largest absolute Gasteiger partial charge is 0.440 e. The molecule has 0 saturated heterocycles. The van der Waals surface area contributed by atoms with Gasteiger partial charge in [0.1, 0.15) is 6.26 Å². The Balaban J connectivity index is 2.09. The van der Waals surface area contributed by atoms with Crippen LogP contribution in [-0.2, 0) is 6.42 Å². The molecule has 1 aromatic carbocycles. The van der Waals surface area contributed by atoms with Gasteiger partial charge in [0.2, 0.25) is 0 Å². The van der Waals surface area contributed by atoms with Crippen molar-refractivity contribution >= 4 is 27.7 Å². The van der Waals surface area contributed by atoms with Gasteiger partial charge in [0, 0.05) is 15.4 Å². The van der Waals surface area contributed by atoms with Gasteiger partial charge in [0.15, 0.2) is 0 Å². The molecule has 18 heavy (non-hydrogen) atoms.